The number of benzene rings is 1. The predicted octanol–water partition coefficient (Wildman–Crippen LogP) is 4.17. The molecule has 1 N–H and O–H groups in total. The molecule has 1 unspecified atom stereocenters. The van der Waals surface area contributed by atoms with Crippen LogP contribution < -0.4 is 0 Å². The van der Waals surface area contributed by atoms with Gasteiger partial charge in [0.2, 0.25) is 0 Å². The molecule has 6 heteroatoms. The first kappa shape index (κ1) is 15.9. The summed E-state index contributed by atoms with van der Waals surface area (Å²) in [5.74, 6) is -0.403. The monoisotopic (exact) mass is 368 g/mol. The number of hydrogen-bond donors (Lipinski definition) is 1. The molecule has 0 bridgehead atoms. The maximum atomic E-state index is 12.3. The Kier molecular flexibility index (Phi) is 5.64. The van der Waals surface area contributed by atoms with Crippen molar-refractivity contribution < 1.29 is 19.1 Å². The molecule has 110 valence electrons. The molecule has 0 fully saturated rings. The summed E-state index contributed by atoms with van der Waals surface area (Å²) < 4.78 is 6.21. The van der Waals surface area contributed by atoms with Crippen molar-refractivity contribution in [1.82, 2.24) is 0 Å². The van der Waals surface area contributed by atoms with Crippen molar-refractivity contribution in [3.8, 4) is 0 Å². The average Bonchev–Trinajstić information content (AvgIpc) is 2.97. The number of furan rings is 1. The molecule has 0 saturated heterocycles. The zero-order valence-electron chi connectivity index (χ0n) is 11.0. The summed E-state index contributed by atoms with van der Waals surface area (Å²) >= 11 is 4.51. The van der Waals surface area contributed by atoms with Gasteiger partial charge in [0.1, 0.15) is 5.76 Å². The highest BCUT2D eigenvalue weighted by atomic mass is 79.9. The lowest BCUT2D eigenvalue weighted by atomic mass is 10.1. The first-order chi connectivity index (χ1) is 10.1. The van der Waals surface area contributed by atoms with Crippen LogP contribution in [0, 0.1) is 0 Å². The fourth-order valence-corrected chi connectivity index (χ4v) is 2.99. The highest BCUT2D eigenvalue weighted by molar-refractivity contribution is 9.10. The van der Waals surface area contributed by atoms with E-state index in [1.54, 1.807) is 36.4 Å². The van der Waals surface area contributed by atoms with E-state index in [2.05, 4.69) is 15.9 Å². The van der Waals surface area contributed by atoms with Crippen molar-refractivity contribution >= 4 is 39.4 Å². The van der Waals surface area contributed by atoms with Crippen LogP contribution in [0.1, 0.15) is 27.8 Å². The van der Waals surface area contributed by atoms with Crippen molar-refractivity contribution in [2.24, 2.45) is 0 Å². The van der Waals surface area contributed by atoms with E-state index < -0.39 is 5.97 Å². The molecule has 0 spiro atoms. The summed E-state index contributed by atoms with van der Waals surface area (Å²) in [5.41, 5.74) is 0.602. The minimum Gasteiger partial charge on any atom is -0.481 e. The molecule has 0 aliphatic rings. The molecular formula is C15H13BrO4S. The fourth-order valence-electron chi connectivity index (χ4n) is 1.81. The number of Topliss-reactive ketones (excluding diaryl/α,β-unsaturated/α-hetero) is 1. The smallest absolute Gasteiger partial charge is 0.313 e. The van der Waals surface area contributed by atoms with Crippen LogP contribution in [0.2, 0.25) is 0 Å². The third kappa shape index (κ3) is 4.75. The van der Waals surface area contributed by atoms with Crippen LogP contribution in [0.3, 0.4) is 0 Å². The molecule has 0 aliphatic carbocycles. The lowest BCUT2D eigenvalue weighted by molar-refractivity contribution is -0.133. The Hall–Kier alpha value is -1.53. The number of halogens is 1. The van der Waals surface area contributed by atoms with E-state index in [0.29, 0.717) is 11.3 Å². The summed E-state index contributed by atoms with van der Waals surface area (Å²) in [6.07, 6.45) is 1.72. The van der Waals surface area contributed by atoms with Crippen LogP contribution >= 0.6 is 27.7 Å². The second-order valence-corrected chi connectivity index (χ2v) is 6.45. The highest BCUT2D eigenvalue weighted by Crippen LogP contribution is 2.33. The minimum atomic E-state index is -0.910. The van der Waals surface area contributed by atoms with E-state index in [1.807, 2.05) is 0 Å². The van der Waals surface area contributed by atoms with E-state index >= 15 is 0 Å². The van der Waals surface area contributed by atoms with Crippen LogP contribution in [-0.2, 0) is 4.79 Å². The summed E-state index contributed by atoms with van der Waals surface area (Å²) in [7, 11) is 0. The second kappa shape index (κ2) is 7.47. The van der Waals surface area contributed by atoms with Crippen molar-refractivity contribution in [2.45, 2.75) is 11.7 Å². The van der Waals surface area contributed by atoms with Crippen molar-refractivity contribution in [1.29, 1.82) is 0 Å². The number of carboxylic acids is 1. The molecule has 1 aromatic heterocycles. The Morgan fingerprint density at radius 2 is 1.95 bits per heavy atom. The van der Waals surface area contributed by atoms with Gasteiger partial charge in [-0.05, 0) is 24.3 Å². The summed E-state index contributed by atoms with van der Waals surface area (Å²) in [6.45, 7) is 0. The van der Waals surface area contributed by atoms with Crippen LogP contribution in [0.25, 0.3) is 0 Å². The van der Waals surface area contributed by atoms with Crippen LogP contribution in [0.5, 0.6) is 0 Å². The molecular weight excluding hydrogens is 356 g/mol. The van der Waals surface area contributed by atoms with Gasteiger partial charge in [-0.15, -0.1) is 11.8 Å². The maximum Gasteiger partial charge on any atom is 0.313 e. The van der Waals surface area contributed by atoms with E-state index in [4.69, 9.17) is 9.52 Å². The third-order valence-electron chi connectivity index (χ3n) is 2.81. The first-order valence-corrected chi connectivity index (χ1v) is 8.06. The van der Waals surface area contributed by atoms with Crippen LogP contribution in [0.4, 0.5) is 0 Å². The number of carboxylic acid groups (broad SMARTS) is 1. The number of aliphatic carboxylic acids is 1. The van der Waals surface area contributed by atoms with Gasteiger partial charge in [-0.25, -0.2) is 0 Å². The van der Waals surface area contributed by atoms with Crippen molar-refractivity contribution in [3.05, 3.63) is 58.5 Å². The van der Waals surface area contributed by atoms with Crippen molar-refractivity contribution in [2.75, 3.05) is 5.75 Å². The molecule has 4 nitrogen and oxygen atoms in total. The zero-order valence-corrected chi connectivity index (χ0v) is 13.4. The van der Waals surface area contributed by atoms with Gasteiger partial charge in [0.25, 0.3) is 0 Å². The highest BCUT2D eigenvalue weighted by Gasteiger charge is 2.21. The number of hydrogen-bond acceptors (Lipinski definition) is 4. The summed E-state index contributed by atoms with van der Waals surface area (Å²) in [6, 6.07) is 10.6. The Morgan fingerprint density at radius 3 is 2.52 bits per heavy atom. The van der Waals surface area contributed by atoms with Gasteiger partial charge in [0.15, 0.2) is 5.78 Å². The Balaban J connectivity index is 2.09. The lowest BCUT2D eigenvalue weighted by Crippen LogP contribution is -2.08. The van der Waals surface area contributed by atoms with Gasteiger partial charge in [-0.3, -0.25) is 9.59 Å². The normalized spacial score (nSPS) is 12.0. The minimum absolute atomic E-state index is 0.0400. The lowest BCUT2D eigenvalue weighted by Gasteiger charge is -2.12. The SMILES string of the molecule is O=C(O)CSC(CC(=O)c1ccc(Br)cc1)c1ccco1. The van der Waals surface area contributed by atoms with Gasteiger partial charge in [0, 0.05) is 16.5 Å². The molecule has 2 aromatic rings. The molecule has 0 aliphatic heterocycles. The van der Waals surface area contributed by atoms with E-state index in [1.165, 1.54) is 18.0 Å². The molecule has 1 aromatic carbocycles. The van der Waals surface area contributed by atoms with Gasteiger partial charge < -0.3 is 9.52 Å². The number of thioether (sulfide) groups is 1. The average molecular weight is 369 g/mol. The third-order valence-corrected chi connectivity index (χ3v) is 4.55. The number of carbonyl (C=O) groups is 2. The zero-order chi connectivity index (χ0) is 15.2. The molecule has 0 radical (unpaired) electrons. The molecule has 2 rings (SSSR count). The van der Waals surface area contributed by atoms with Crippen molar-refractivity contribution in [3.63, 3.8) is 0 Å². The summed E-state index contributed by atoms with van der Waals surface area (Å²) in [4.78, 5) is 23.0. The number of ketones is 1. The molecule has 0 saturated carbocycles. The predicted molar refractivity (Wildman–Crippen MR) is 84.6 cm³/mol. The molecule has 0 amide bonds. The molecule has 1 heterocycles. The number of carbonyl (C=O) groups excluding carboxylic acids is 1. The van der Waals surface area contributed by atoms with E-state index in [0.717, 1.165) is 4.47 Å². The maximum absolute atomic E-state index is 12.3. The van der Waals surface area contributed by atoms with Crippen LogP contribution in [0.15, 0.2) is 51.6 Å². The second-order valence-electron chi connectivity index (χ2n) is 4.34. The Bertz CT molecular complexity index is 607. The van der Waals surface area contributed by atoms with Gasteiger partial charge in [-0.2, -0.15) is 0 Å². The number of rotatable bonds is 7. The Morgan fingerprint density at radius 1 is 1.24 bits per heavy atom. The Labute approximate surface area is 134 Å². The van der Waals surface area contributed by atoms with E-state index in [9.17, 15) is 9.59 Å². The quantitative estimate of drug-likeness (QED) is 0.742. The standard InChI is InChI=1S/C15H13BrO4S/c16-11-5-3-10(4-6-11)12(17)8-14(21-9-15(18)19)13-2-1-7-20-13/h1-7,14H,8-9H2,(H,18,19). The van der Waals surface area contributed by atoms with Gasteiger partial charge >= 0.3 is 5.97 Å². The fraction of sp³-hybridized carbons (Fsp3) is 0.200. The van der Waals surface area contributed by atoms with Gasteiger partial charge in [0.05, 0.1) is 17.3 Å². The molecule has 1 atom stereocenters. The van der Waals surface area contributed by atoms with E-state index in [-0.39, 0.29) is 23.2 Å². The van der Waals surface area contributed by atoms with Crippen LogP contribution in [-0.4, -0.2) is 22.6 Å². The topological polar surface area (TPSA) is 67.5 Å². The molecule has 21 heavy (non-hydrogen) atoms. The largest absolute Gasteiger partial charge is 0.481 e. The first-order valence-electron chi connectivity index (χ1n) is 6.22. The van der Waals surface area contributed by atoms with Gasteiger partial charge in [-0.1, -0.05) is 28.1 Å². The summed E-state index contributed by atoms with van der Waals surface area (Å²) in [5, 5.41) is 8.50.